The van der Waals surface area contributed by atoms with Crippen molar-refractivity contribution in [3.05, 3.63) is 59.2 Å². The van der Waals surface area contributed by atoms with Crippen molar-refractivity contribution in [1.29, 1.82) is 0 Å². The van der Waals surface area contributed by atoms with Crippen LogP contribution in [0.25, 0.3) is 0 Å². The van der Waals surface area contributed by atoms with Crippen molar-refractivity contribution >= 4 is 6.09 Å². The van der Waals surface area contributed by atoms with E-state index in [-0.39, 0.29) is 18.1 Å². The number of benzene rings is 2. The van der Waals surface area contributed by atoms with E-state index in [1.165, 1.54) is 0 Å². The fraction of sp³-hybridized carbons (Fsp3) is 0.409. The Morgan fingerprint density at radius 1 is 1.22 bits per heavy atom. The highest BCUT2D eigenvalue weighted by Gasteiger charge is 2.31. The Morgan fingerprint density at radius 3 is 2.63 bits per heavy atom. The number of carbonyl (C=O) groups excluding carboxylic acids is 1. The van der Waals surface area contributed by atoms with E-state index in [1.54, 1.807) is 7.11 Å². The molecule has 2 aromatic rings. The summed E-state index contributed by atoms with van der Waals surface area (Å²) in [6, 6.07) is 13.7. The van der Waals surface area contributed by atoms with Gasteiger partial charge in [0.15, 0.2) is 0 Å². The lowest BCUT2D eigenvalue weighted by molar-refractivity contribution is 0.133. The Bertz CT molecular complexity index is 796. The van der Waals surface area contributed by atoms with Gasteiger partial charge in [-0.15, -0.1) is 0 Å². The summed E-state index contributed by atoms with van der Waals surface area (Å²) in [5.41, 5.74) is 3.13. The first-order chi connectivity index (χ1) is 12.9. The predicted octanol–water partition coefficient (Wildman–Crippen LogP) is 4.22. The van der Waals surface area contributed by atoms with Crippen molar-refractivity contribution in [2.24, 2.45) is 0 Å². The summed E-state index contributed by atoms with van der Waals surface area (Å²) in [5.74, 6) is 1.74. The molecule has 1 aliphatic rings. The zero-order valence-electron chi connectivity index (χ0n) is 16.4. The van der Waals surface area contributed by atoms with Crippen LogP contribution in [0, 0.1) is 0 Å². The van der Waals surface area contributed by atoms with E-state index in [9.17, 15) is 4.79 Å². The molecule has 0 radical (unpaired) electrons. The summed E-state index contributed by atoms with van der Waals surface area (Å²) in [7, 11) is 1.67. The standard InChI is InChI=1S/C22H27NO4/c1-22(2,3)19-12-17(25-4)10-16-11-18(27-20(16)19)13-23-21(24)26-14-15-8-6-5-7-9-15/h5-10,12,18H,11,13-14H2,1-4H3,(H,23,24). The van der Waals surface area contributed by atoms with Gasteiger partial charge in [-0.3, -0.25) is 0 Å². The highest BCUT2D eigenvalue weighted by Crippen LogP contribution is 2.41. The molecule has 0 saturated carbocycles. The minimum atomic E-state index is -0.438. The second-order valence-electron chi connectivity index (χ2n) is 7.80. The van der Waals surface area contributed by atoms with E-state index in [0.29, 0.717) is 6.54 Å². The molecule has 0 aromatic heterocycles. The minimum Gasteiger partial charge on any atom is -0.497 e. The Balaban J connectivity index is 1.57. The van der Waals surface area contributed by atoms with Crippen molar-refractivity contribution in [2.45, 2.75) is 45.3 Å². The molecule has 0 bridgehead atoms. The Kier molecular flexibility index (Phi) is 5.59. The minimum absolute atomic E-state index is 0.0600. The van der Waals surface area contributed by atoms with E-state index < -0.39 is 6.09 Å². The zero-order valence-corrected chi connectivity index (χ0v) is 16.4. The SMILES string of the molecule is COc1cc2c(c(C(C)(C)C)c1)OC(CNC(=O)OCc1ccccc1)C2. The Labute approximate surface area is 160 Å². The molecule has 0 spiro atoms. The number of rotatable bonds is 5. The van der Waals surface area contributed by atoms with Gasteiger partial charge in [0, 0.05) is 17.5 Å². The van der Waals surface area contributed by atoms with Crippen LogP contribution in [0.5, 0.6) is 11.5 Å². The van der Waals surface area contributed by atoms with Gasteiger partial charge >= 0.3 is 6.09 Å². The molecule has 144 valence electrons. The summed E-state index contributed by atoms with van der Waals surface area (Å²) in [6.45, 7) is 7.10. The molecule has 0 fully saturated rings. The molecular formula is C22H27NO4. The summed E-state index contributed by atoms with van der Waals surface area (Å²) >= 11 is 0. The average Bonchev–Trinajstić information content (AvgIpc) is 3.06. The first kappa shape index (κ1) is 19.1. The number of ether oxygens (including phenoxy) is 3. The zero-order chi connectivity index (χ0) is 19.4. The van der Waals surface area contributed by atoms with Gasteiger partial charge in [-0.05, 0) is 23.1 Å². The van der Waals surface area contributed by atoms with E-state index in [2.05, 4.69) is 26.1 Å². The summed E-state index contributed by atoms with van der Waals surface area (Å²) in [6.07, 6.45) is 0.179. The highest BCUT2D eigenvalue weighted by atomic mass is 16.5. The molecule has 2 aromatic carbocycles. The summed E-state index contributed by atoms with van der Waals surface area (Å²) < 4.78 is 16.8. The van der Waals surface area contributed by atoms with Gasteiger partial charge < -0.3 is 19.5 Å². The van der Waals surface area contributed by atoms with Crippen molar-refractivity contribution in [2.75, 3.05) is 13.7 Å². The quantitative estimate of drug-likeness (QED) is 0.857. The Hall–Kier alpha value is -2.69. The van der Waals surface area contributed by atoms with Crippen LogP contribution >= 0.6 is 0 Å². The van der Waals surface area contributed by atoms with Crippen molar-refractivity contribution in [3.63, 3.8) is 0 Å². The second-order valence-corrected chi connectivity index (χ2v) is 7.80. The third-order valence-electron chi connectivity index (χ3n) is 4.60. The molecule has 1 heterocycles. The van der Waals surface area contributed by atoms with Crippen LogP contribution in [0.2, 0.25) is 0 Å². The van der Waals surface area contributed by atoms with Crippen LogP contribution in [0.4, 0.5) is 4.79 Å². The normalized spacial score (nSPS) is 15.6. The average molecular weight is 369 g/mol. The van der Waals surface area contributed by atoms with Crippen molar-refractivity contribution in [1.82, 2.24) is 5.32 Å². The van der Waals surface area contributed by atoms with Crippen LogP contribution in [0.3, 0.4) is 0 Å². The molecule has 0 saturated heterocycles. The highest BCUT2D eigenvalue weighted by molar-refractivity contribution is 5.67. The lowest BCUT2D eigenvalue weighted by Crippen LogP contribution is -2.34. The van der Waals surface area contributed by atoms with Crippen LogP contribution in [-0.4, -0.2) is 25.9 Å². The molecular weight excluding hydrogens is 342 g/mol. The van der Waals surface area contributed by atoms with E-state index in [0.717, 1.165) is 34.6 Å². The summed E-state index contributed by atoms with van der Waals surface area (Å²) in [5, 5.41) is 2.80. The molecule has 5 nitrogen and oxygen atoms in total. The molecule has 1 atom stereocenters. The van der Waals surface area contributed by atoms with Crippen molar-refractivity contribution < 1.29 is 19.0 Å². The number of amides is 1. The van der Waals surface area contributed by atoms with Crippen LogP contribution < -0.4 is 14.8 Å². The third kappa shape index (κ3) is 4.73. The topological polar surface area (TPSA) is 56.8 Å². The van der Waals surface area contributed by atoms with Gasteiger partial charge in [0.05, 0.1) is 13.7 Å². The molecule has 3 rings (SSSR count). The Morgan fingerprint density at radius 2 is 1.96 bits per heavy atom. The molecule has 0 aliphatic carbocycles. The maximum absolute atomic E-state index is 12.0. The van der Waals surface area contributed by atoms with E-state index >= 15 is 0 Å². The molecule has 1 unspecified atom stereocenters. The molecule has 1 N–H and O–H groups in total. The lowest BCUT2D eigenvalue weighted by Gasteiger charge is -2.23. The number of carbonyl (C=O) groups is 1. The molecule has 1 aliphatic heterocycles. The van der Waals surface area contributed by atoms with Crippen molar-refractivity contribution in [3.8, 4) is 11.5 Å². The van der Waals surface area contributed by atoms with Crippen LogP contribution in [0.1, 0.15) is 37.5 Å². The number of hydrogen-bond donors (Lipinski definition) is 1. The first-order valence-electron chi connectivity index (χ1n) is 9.19. The van der Waals surface area contributed by atoms with E-state index in [4.69, 9.17) is 14.2 Å². The van der Waals surface area contributed by atoms with Gasteiger partial charge in [-0.2, -0.15) is 0 Å². The van der Waals surface area contributed by atoms with Gasteiger partial charge in [0.1, 0.15) is 24.2 Å². The fourth-order valence-electron chi connectivity index (χ4n) is 3.16. The molecule has 27 heavy (non-hydrogen) atoms. The number of methoxy groups -OCH3 is 1. The van der Waals surface area contributed by atoms with Gasteiger partial charge in [-0.1, -0.05) is 51.1 Å². The molecule has 1 amide bonds. The third-order valence-corrected chi connectivity index (χ3v) is 4.60. The second kappa shape index (κ2) is 7.91. The van der Waals surface area contributed by atoms with E-state index in [1.807, 2.05) is 42.5 Å². The number of fused-ring (bicyclic) bond motifs is 1. The van der Waals surface area contributed by atoms with Gasteiger partial charge in [0.2, 0.25) is 0 Å². The lowest BCUT2D eigenvalue weighted by atomic mass is 9.85. The number of nitrogens with one attached hydrogen (secondary N) is 1. The smallest absolute Gasteiger partial charge is 0.407 e. The van der Waals surface area contributed by atoms with Gasteiger partial charge in [0.25, 0.3) is 0 Å². The predicted molar refractivity (Wildman–Crippen MR) is 104 cm³/mol. The maximum atomic E-state index is 12.0. The number of hydrogen-bond acceptors (Lipinski definition) is 4. The summed E-state index contributed by atoms with van der Waals surface area (Å²) in [4.78, 5) is 12.0. The van der Waals surface area contributed by atoms with Crippen LogP contribution in [-0.2, 0) is 23.2 Å². The monoisotopic (exact) mass is 369 g/mol. The number of alkyl carbamates (subject to hydrolysis) is 1. The van der Waals surface area contributed by atoms with Gasteiger partial charge in [-0.25, -0.2) is 4.79 Å². The fourth-order valence-corrected chi connectivity index (χ4v) is 3.16. The van der Waals surface area contributed by atoms with Crippen LogP contribution in [0.15, 0.2) is 42.5 Å². The largest absolute Gasteiger partial charge is 0.497 e. The molecule has 5 heteroatoms. The first-order valence-corrected chi connectivity index (χ1v) is 9.19. The maximum Gasteiger partial charge on any atom is 0.407 e.